The molecule has 0 aliphatic rings. The van der Waals surface area contributed by atoms with Gasteiger partial charge in [-0.25, -0.2) is 4.68 Å². The van der Waals surface area contributed by atoms with E-state index in [1.165, 1.54) is 0 Å². The molecular formula is C9H14N6. The molecule has 0 saturated heterocycles. The summed E-state index contributed by atoms with van der Waals surface area (Å²) >= 11 is 0. The van der Waals surface area contributed by atoms with Crippen molar-refractivity contribution in [1.29, 1.82) is 0 Å². The molecule has 6 heteroatoms. The lowest BCUT2D eigenvalue weighted by molar-refractivity contribution is 0.711. The highest BCUT2D eigenvalue weighted by molar-refractivity contribution is 5.33. The van der Waals surface area contributed by atoms with Gasteiger partial charge in [-0.15, -0.1) is 5.10 Å². The van der Waals surface area contributed by atoms with Gasteiger partial charge in [0.15, 0.2) is 0 Å². The molecule has 0 bridgehead atoms. The predicted octanol–water partition coefficient (Wildman–Crippen LogP) is 0.0286. The Balaban J connectivity index is 2.44. The maximum atomic E-state index is 4.28. The number of aryl methyl sites for hydroxylation is 2. The highest BCUT2D eigenvalue weighted by atomic mass is 15.4. The Bertz CT molecular complexity index is 455. The van der Waals surface area contributed by atoms with Gasteiger partial charge in [-0.2, -0.15) is 5.10 Å². The Kier molecular flexibility index (Phi) is 2.51. The summed E-state index contributed by atoms with van der Waals surface area (Å²) in [6, 6.07) is 0. The molecule has 0 amide bonds. The van der Waals surface area contributed by atoms with Crippen LogP contribution in [0.4, 0.5) is 0 Å². The van der Waals surface area contributed by atoms with Crippen molar-refractivity contribution >= 4 is 0 Å². The summed E-state index contributed by atoms with van der Waals surface area (Å²) in [4.78, 5) is 0. The van der Waals surface area contributed by atoms with E-state index in [0.29, 0.717) is 0 Å². The minimum atomic E-state index is 0.737. The highest BCUT2D eigenvalue weighted by Gasteiger charge is 2.10. The van der Waals surface area contributed by atoms with Crippen molar-refractivity contribution in [2.75, 3.05) is 7.05 Å². The number of hydrogen-bond acceptors (Lipinski definition) is 4. The molecule has 0 aromatic carbocycles. The van der Waals surface area contributed by atoms with E-state index in [4.69, 9.17) is 0 Å². The van der Waals surface area contributed by atoms with Crippen molar-refractivity contribution in [3.63, 3.8) is 0 Å². The van der Waals surface area contributed by atoms with Crippen molar-refractivity contribution in [1.82, 2.24) is 30.1 Å². The Hall–Kier alpha value is -1.69. The fraction of sp³-hybridized carbons (Fsp3) is 0.444. The zero-order valence-corrected chi connectivity index (χ0v) is 9.10. The molecule has 6 nitrogen and oxygen atoms in total. The van der Waals surface area contributed by atoms with Gasteiger partial charge in [0.2, 0.25) is 0 Å². The number of nitrogens with one attached hydrogen (secondary N) is 1. The number of rotatable bonds is 3. The fourth-order valence-corrected chi connectivity index (χ4v) is 1.56. The highest BCUT2D eigenvalue weighted by Crippen LogP contribution is 2.12. The largest absolute Gasteiger partial charge is 0.314 e. The molecule has 15 heavy (non-hydrogen) atoms. The Labute approximate surface area is 87.9 Å². The summed E-state index contributed by atoms with van der Waals surface area (Å²) in [6.45, 7) is 2.70. The predicted molar refractivity (Wildman–Crippen MR) is 55.6 cm³/mol. The van der Waals surface area contributed by atoms with E-state index in [9.17, 15) is 0 Å². The van der Waals surface area contributed by atoms with Gasteiger partial charge in [0.25, 0.3) is 0 Å². The lowest BCUT2D eigenvalue weighted by atomic mass is 10.4. The van der Waals surface area contributed by atoms with Crippen molar-refractivity contribution in [3.8, 4) is 5.69 Å². The third kappa shape index (κ3) is 1.75. The summed E-state index contributed by atoms with van der Waals surface area (Å²) in [5.74, 6) is 0. The summed E-state index contributed by atoms with van der Waals surface area (Å²) < 4.78 is 3.58. The first-order valence-corrected chi connectivity index (χ1v) is 4.77. The minimum Gasteiger partial charge on any atom is -0.314 e. The molecule has 0 saturated carbocycles. The third-order valence-electron chi connectivity index (χ3n) is 2.19. The molecule has 2 aromatic rings. The van der Waals surface area contributed by atoms with Crippen LogP contribution in [0.3, 0.4) is 0 Å². The van der Waals surface area contributed by atoms with Crippen LogP contribution in [0.5, 0.6) is 0 Å². The van der Waals surface area contributed by atoms with Gasteiger partial charge in [-0.1, -0.05) is 5.21 Å². The van der Waals surface area contributed by atoms with Crippen LogP contribution in [0.1, 0.15) is 11.4 Å². The molecule has 80 valence electrons. The SMILES string of the molecule is CNCc1cnnn1-c1cn(C)nc1C. The van der Waals surface area contributed by atoms with E-state index >= 15 is 0 Å². The molecule has 0 aliphatic carbocycles. The second-order valence-electron chi connectivity index (χ2n) is 3.44. The van der Waals surface area contributed by atoms with E-state index in [-0.39, 0.29) is 0 Å². The van der Waals surface area contributed by atoms with Crippen LogP contribution in [0.25, 0.3) is 5.69 Å². The molecule has 0 fully saturated rings. The molecule has 0 unspecified atom stereocenters. The zero-order valence-electron chi connectivity index (χ0n) is 9.10. The Morgan fingerprint density at radius 3 is 2.87 bits per heavy atom. The van der Waals surface area contributed by atoms with Crippen molar-refractivity contribution < 1.29 is 0 Å². The molecule has 2 heterocycles. The van der Waals surface area contributed by atoms with E-state index in [1.807, 2.05) is 27.2 Å². The molecule has 0 radical (unpaired) electrons. The first-order chi connectivity index (χ1) is 7.22. The van der Waals surface area contributed by atoms with Gasteiger partial charge in [-0.05, 0) is 14.0 Å². The molecule has 1 N–H and O–H groups in total. The van der Waals surface area contributed by atoms with E-state index in [1.54, 1.807) is 15.6 Å². The minimum absolute atomic E-state index is 0.737. The normalized spacial score (nSPS) is 10.9. The second-order valence-corrected chi connectivity index (χ2v) is 3.44. The van der Waals surface area contributed by atoms with Gasteiger partial charge >= 0.3 is 0 Å². The van der Waals surface area contributed by atoms with E-state index in [0.717, 1.165) is 23.6 Å². The number of aromatic nitrogens is 5. The van der Waals surface area contributed by atoms with Gasteiger partial charge < -0.3 is 5.32 Å². The lowest BCUT2D eigenvalue weighted by Gasteiger charge is -2.03. The van der Waals surface area contributed by atoms with Crippen LogP contribution in [0, 0.1) is 6.92 Å². The van der Waals surface area contributed by atoms with Crippen LogP contribution in [0.2, 0.25) is 0 Å². The van der Waals surface area contributed by atoms with E-state index in [2.05, 4.69) is 20.7 Å². The molecule has 0 atom stereocenters. The summed E-state index contributed by atoms with van der Waals surface area (Å²) in [7, 11) is 3.79. The van der Waals surface area contributed by atoms with Crippen LogP contribution in [-0.2, 0) is 13.6 Å². The molecule has 2 aromatic heterocycles. The average Bonchev–Trinajstić information content (AvgIpc) is 2.73. The quantitative estimate of drug-likeness (QED) is 0.769. The van der Waals surface area contributed by atoms with Gasteiger partial charge in [0.1, 0.15) is 5.69 Å². The van der Waals surface area contributed by atoms with Crippen molar-refractivity contribution in [3.05, 3.63) is 23.8 Å². The monoisotopic (exact) mass is 206 g/mol. The van der Waals surface area contributed by atoms with E-state index < -0.39 is 0 Å². The lowest BCUT2D eigenvalue weighted by Crippen LogP contribution is -2.11. The number of nitrogens with zero attached hydrogens (tertiary/aromatic N) is 5. The maximum Gasteiger partial charge on any atom is 0.108 e. The first-order valence-electron chi connectivity index (χ1n) is 4.77. The summed E-state index contributed by atoms with van der Waals surface area (Å²) in [5, 5.41) is 15.3. The topological polar surface area (TPSA) is 60.6 Å². The Morgan fingerprint density at radius 2 is 2.27 bits per heavy atom. The molecule has 0 spiro atoms. The smallest absolute Gasteiger partial charge is 0.108 e. The number of hydrogen-bond donors (Lipinski definition) is 1. The maximum absolute atomic E-state index is 4.28. The van der Waals surface area contributed by atoms with Crippen molar-refractivity contribution in [2.45, 2.75) is 13.5 Å². The molecular weight excluding hydrogens is 192 g/mol. The third-order valence-corrected chi connectivity index (χ3v) is 2.19. The standard InChI is InChI=1S/C9H14N6/c1-7-9(6-14(3)12-7)15-8(4-10-2)5-11-13-15/h5-6,10H,4H2,1-3H3. The van der Waals surface area contributed by atoms with Crippen molar-refractivity contribution in [2.24, 2.45) is 7.05 Å². The zero-order chi connectivity index (χ0) is 10.8. The van der Waals surface area contributed by atoms with Gasteiger partial charge in [0.05, 0.1) is 23.8 Å². The molecule has 2 rings (SSSR count). The van der Waals surface area contributed by atoms with Crippen LogP contribution in [-0.4, -0.2) is 31.8 Å². The van der Waals surface area contributed by atoms with Crippen LogP contribution in [0.15, 0.2) is 12.4 Å². The Morgan fingerprint density at radius 1 is 1.47 bits per heavy atom. The van der Waals surface area contributed by atoms with Crippen LogP contribution < -0.4 is 5.32 Å². The molecule has 0 aliphatic heterocycles. The van der Waals surface area contributed by atoms with Gasteiger partial charge in [-0.3, -0.25) is 4.68 Å². The summed E-state index contributed by atoms with van der Waals surface area (Å²) in [5.41, 5.74) is 2.94. The average molecular weight is 206 g/mol. The second kappa shape index (κ2) is 3.82. The van der Waals surface area contributed by atoms with Crippen LogP contribution >= 0.6 is 0 Å². The summed E-state index contributed by atoms with van der Waals surface area (Å²) in [6.07, 6.45) is 3.69. The first kappa shape index (κ1) is 9.85. The fourth-order valence-electron chi connectivity index (χ4n) is 1.56. The van der Waals surface area contributed by atoms with Gasteiger partial charge in [0, 0.05) is 13.6 Å².